The number of carboxylic acids is 4. The molecule has 0 amide bonds. The van der Waals surface area contributed by atoms with Gasteiger partial charge in [0.25, 0.3) is 0 Å². The lowest BCUT2D eigenvalue weighted by atomic mass is 10.1. The lowest BCUT2D eigenvalue weighted by molar-refractivity contribution is 0.0684. The number of hydrogen-bond acceptors (Lipinski definition) is 20. The highest BCUT2D eigenvalue weighted by Gasteiger charge is 2.13. The summed E-state index contributed by atoms with van der Waals surface area (Å²) in [5.74, 6) is 6.22. The van der Waals surface area contributed by atoms with Crippen molar-refractivity contribution in [1.29, 1.82) is 0 Å². The van der Waals surface area contributed by atoms with Gasteiger partial charge in [-0.3, -0.25) is 23.7 Å². The SMILES string of the molecule is C.CC(=S)N(C)N.CC(=S)N(C)N.CCN.CN(/N=C/c1ccccc1C(=O)O)C(N)=S.CN(/N=C/c1ccccc1C(=O)O)C(N)=S.CN(/N=C/c1ccccc1C(=O)O)c1cc(-c2ccccc2Cl)cs1.O=C(CBr)c1ccccc1Cl.O=Cc1ccccc1C(=O)O.O=S(=O)(O)O. The van der Waals surface area contributed by atoms with E-state index in [2.05, 4.69) is 55.7 Å². The molecule has 0 unspecified atom stereocenters. The third-order valence-electron chi connectivity index (χ3n) is 11.0. The Morgan fingerprint density at radius 3 is 1.11 bits per heavy atom. The molecule has 7 aromatic rings. The number of thiocarbonyl (C=S) groups is 4. The van der Waals surface area contributed by atoms with Crippen molar-refractivity contribution in [3.8, 4) is 11.1 Å². The summed E-state index contributed by atoms with van der Waals surface area (Å²) in [7, 11) is 3.75. The van der Waals surface area contributed by atoms with Gasteiger partial charge in [0.15, 0.2) is 22.3 Å². The fourth-order valence-corrected chi connectivity index (χ4v) is 7.63. The average Bonchev–Trinajstić information content (AvgIpc) is 1.67. The molecule has 0 aliphatic heterocycles. The number of carboxylic acid groups (broad SMARTS) is 4. The van der Waals surface area contributed by atoms with Crippen LogP contribution in [0.15, 0.2) is 172 Å². The Morgan fingerprint density at radius 2 is 0.830 bits per heavy atom. The van der Waals surface area contributed by atoms with E-state index in [0.717, 1.165) is 22.7 Å². The number of thiophene rings is 1. The quantitative estimate of drug-likeness (QED) is 0.00664. The maximum absolute atomic E-state index is 11.2. The van der Waals surface area contributed by atoms with E-state index in [1.807, 2.05) is 49.7 Å². The number of halogens is 3. The number of hydrazone groups is 3. The number of hydrogen-bond donors (Lipinski definition) is 11. The number of rotatable bonds is 15. The van der Waals surface area contributed by atoms with E-state index in [1.54, 1.807) is 162 Å². The van der Waals surface area contributed by atoms with Crippen LogP contribution < -0.4 is 33.9 Å². The molecule has 1 aromatic heterocycles. The Labute approximate surface area is 624 Å². The Kier molecular flexibility index (Phi) is 49.6. The highest BCUT2D eigenvalue weighted by atomic mass is 79.9. The molecule has 6 aromatic carbocycles. The number of aromatic carboxylic acids is 4. The number of nitrogens with two attached hydrogens (primary N) is 5. The number of Topliss-reactive ketones (excluding diaryl/α,β-unsaturated/α-hetero) is 1. The van der Waals surface area contributed by atoms with E-state index in [1.165, 1.54) is 56.7 Å². The van der Waals surface area contributed by atoms with Crippen LogP contribution in [0.5, 0.6) is 0 Å². The molecule has 0 atom stereocenters. The summed E-state index contributed by atoms with van der Waals surface area (Å²) in [6, 6.07) is 42.6. The van der Waals surface area contributed by atoms with Gasteiger partial charge in [-0.05, 0) is 98.9 Å². The minimum absolute atomic E-state index is 0. The third-order valence-corrected chi connectivity index (χ3v) is 14.3. The number of carbonyl (C=O) groups excluding carboxylic acids is 2. The first-order valence-electron chi connectivity index (χ1n) is 27.5. The zero-order valence-electron chi connectivity index (χ0n) is 54.2. The van der Waals surface area contributed by atoms with Gasteiger partial charge in [-0.15, -0.1) is 11.3 Å². The smallest absolute Gasteiger partial charge is 0.394 e. The van der Waals surface area contributed by atoms with E-state index < -0.39 is 34.3 Å². The average molecular weight is 1600 g/mol. The molecular weight excluding hydrogens is 1520 g/mol. The second-order valence-corrected chi connectivity index (χ2v) is 23.7. The minimum Gasteiger partial charge on any atom is -0.478 e. The lowest BCUT2D eigenvalue weighted by Crippen LogP contribution is -2.29. The molecule has 0 spiro atoms. The number of carbonyl (C=O) groups is 6. The first-order valence-corrected chi connectivity index (χ1v) is 33.3. The number of aldehydes is 1. The van der Waals surface area contributed by atoms with Crippen LogP contribution in [0, 0.1) is 0 Å². The Hall–Kier alpha value is -8.98. The molecule has 100 heavy (non-hydrogen) atoms. The highest BCUT2D eigenvalue weighted by molar-refractivity contribution is 9.09. The molecule has 0 saturated heterocycles. The molecule has 1 heterocycles. The van der Waals surface area contributed by atoms with Gasteiger partial charge in [0.2, 0.25) is 0 Å². The predicted octanol–water partition coefficient (Wildman–Crippen LogP) is 11.4. The van der Waals surface area contributed by atoms with Crippen molar-refractivity contribution in [2.24, 2.45) is 44.2 Å². The van der Waals surface area contributed by atoms with Crippen molar-refractivity contribution in [3.63, 3.8) is 0 Å². The molecule has 16 N–H and O–H groups in total. The molecule has 0 aliphatic carbocycles. The van der Waals surface area contributed by atoms with Crippen molar-refractivity contribution < 1.29 is 66.7 Å². The van der Waals surface area contributed by atoms with Crippen LogP contribution in [0.25, 0.3) is 11.1 Å². The molecule has 0 saturated carbocycles. The number of hydrazine groups is 2. The summed E-state index contributed by atoms with van der Waals surface area (Å²) < 4.78 is 31.6. The molecule has 0 fully saturated rings. The van der Waals surface area contributed by atoms with Gasteiger partial charge in [-0.2, -0.15) is 23.7 Å². The number of nitrogens with zero attached hydrogens (tertiary/aromatic N) is 8. The first kappa shape index (κ1) is 95.2. The third kappa shape index (κ3) is 41.4. The van der Waals surface area contributed by atoms with Gasteiger partial charge in [0.1, 0.15) is 5.00 Å². The van der Waals surface area contributed by atoms with Crippen LogP contribution >= 0.6 is 99.3 Å². The highest BCUT2D eigenvalue weighted by Crippen LogP contribution is 2.35. The van der Waals surface area contributed by atoms with Gasteiger partial charge in [0.05, 0.1) is 61.2 Å². The standard InChI is InChI=1S/C19H15ClN2O2S.2C10H11N3O2S.C8H6BrClO.C8H6O3.2C3H8N2S.C2H7N.CH4.H2O4S/c1-22(21-11-13-6-2-3-8-16(13)19(23)24)18-10-14(12-25-18)15-7-4-5-9-17(15)20;2*1-13(10(11)16)12-6-7-4-2-3-5-8(7)9(14)15;9-5-8(11)6-3-1-2-4-7(6)10;9-5-6-3-1-2-4-7(6)8(10)11;2*1-3(6)5(2)4;1-2-3;;1-5(2,3)4/h2-12H,1H3,(H,23,24);2*2-6H,1H3,(H2,11,16)(H,14,15);1-4H,5H2;1-5H,(H,10,11);2*4H2,1-2H3;2-3H2,1H3;1H4;(H2,1,2,3,4)/b21-11+;2*12-6+;;;;;;;. The summed E-state index contributed by atoms with van der Waals surface area (Å²) >= 11 is 35.2. The Balaban J connectivity index is -0.00000112. The Morgan fingerprint density at radius 1 is 0.550 bits per heavy atom. The molecule has 36 heteroatoms. The fraction of sp³-hybridized carbons (Fsp3) is 0.172. The van der Waals surface area contributed by atoms with Gasteiger partial charge in [0, 0.05) is 79.0 Å². The van der Waals surface area contributed by atoms with Crippen LogP contribution in [0.4, 0.5) is 5.00 Å². The molecular formula is C64H78BrCl2N13O14S6. The molecule has 7 rings (SSSR count). The van der Waals surface area contributed by atoms with Crippen LogP contribution in [-0.2, 0) is 10.4 Å². The van der Waals surface area contributed by atoms with Crippen LogP contribution in [-0.4, -0.2) is 180 Å². The number of benzene rings is 6. The second kappa shape index (κ2) is 52.1. The Bertz CT molecular complexity index is 3910. The summed E-state index contributed by atoms with van der Waals surface area (Å²) in [6.07, 6.45) is 4.90. The number of anilines is 1. The fourth-order valence-electron chi connectivity index (χ4n) is 5.92. The van der Waals surface area contributed by atoms with Gasteiger partial charge >= 0.3 is 34.3 Å². The molecule has 0 radical (unpaired) electrons. The van der Waals surface area contributed by atoms with Crippen molar-refractivity contribution >= 4 is 190 Å². The maximum Gasteiger partial charge on any atom is 0.394 e. The largest absolute Gasteiger partial charge is 0.478 e. The van der Waals surface area contributed by atoms with Crippen molar-refractivity contribution in [2.45, 2.75) is 28.2 Å². The minimum atomic E-state index is -4.67. The van der Waals surface area contributed by atoms with E-state index in [-0.39, 0.29) is 51.3 Å². The van der Waals surface area contributed by atoms with Gasteiger partial charge in [-0.25, -0.2) is 40.9 Å². The summed E-state index contributed by atoms with van der Waals surface area (Å²) in [5.41, 5.74) is 20.5. The van der Waals surface area contributed by atoms with Crippen LogP contribution in [0.2, 0.25) is 10.0 Å². The summed E-state index contributed by atoms with van der Waals surface area (Å²) in [6.45, 7) is 6.20. The monoisotopic (exact) mass is 1590 g/mol. The van der Waals surface area contributed by atoms with E-state index in [0.29, 0.717) is 53.9 Å². The molecule has 0 bridgehead atoms. The zero-order valence-corrected chi connectivity index (χ0v) is 62.2. The number of ketones is 1. The predicted molar refractivity (Wildman–Crippen MR) is 420 cm³/mol. The number of alkyl halides is 1. The summed E-state index contributed by atoms with van der Waals surface area (Å²) in [5, 5.41) is 59.6. The van der Waals surface area contributed by atoms with Crippen LogP contribution in [0.1, 0.15) is 107 Å². The molecule has 27 nitrogen and oxygen atoms in total. The first-order chi connectivity index (χ1) is 46.3. The van der Waals surface area contributed by atoms with Crippen LogP contribution in [0.3, 0.4) is 0 Å². The van der Waals surface area contributed by atoms with Gasteiger partial charge in [-0.1, -0.05) is 181 Å². The topological polar surface area (TPSA) is 441 Å². The zero-order chi connectivity index (χ0) is 76.1. The van der Waals surface area contributed by atoms with Crippen molar-refractivity contribution in [3.05, 3.63) is 217 Å². The maximum atomic E-state index is 11.2. The summed E-state index contributed by atoms with van der Waals surface area (Å²) in [4.78, 5) is 66.2. The van der Waals surface area contributed by atoms with E-state index >= 15 is 0 Å². The molecule has 540 valence electrons. The van der Waals surface area contributed by atoms with Gasteiger partial charge < -0.3 is 47.6 Å². The van der Waals surface area contributed by atoms with Crippen molar-refractivity contribution in [1.82, 2.24) is 20.0 Å². The van der Waals surface area contributed by atoms with Crippen molar-refractivity contribution in [2.75, 3.05) is 52.1 Å². The lowest BCUT2D eigenvalue weighted by Gasteiger charge is -2.10. The molecule has 0 aliphatic rings. The van der Waals surface area contributed by atoms with E-state index in [9.17, 15) is 33.9 Å². The normalized spacial score (nSPS) is 9.80. The van der Waals surface area contributed by atoms with E-state index in [4.69, 9.17) is 109 Å². The second-order valence-electron chi connectivity index (χ2n) is 18.5.